The lowest BCUT2D eigenvalue weighted by atomic mass is 10.1. The number of carbonyl (C=O) groups excluding carboxylic acids is 1. The van der Waals surface area contributed by atoms with E-state index < -0.39 is 9.84 Å². The van der Waals surface area contributed by atoms with Crippen molar-refractivity contribution < 1.29 is 13.2 Å². The van der Waals surface area contributed by atoms with Crippen molar-refractivity contribution in [1.82, 2.24) is 9.78 Å². The van der Waals surface area contributed by atoms with Crippen molar-refractivity contribution in [2.45, 2.75) is 13.3 Å². The van der Waals surface area contributed by atoms with Crippen LogP contribution in [0.3, 0.4) is 0 Å². The Morgan fingerprint density at radius 1 is 1.39 bits per heavy atom. The maximum atomic E-state index is 11.9. The molecule has 2 aromatic rings. The molecule has 0 saturated carbocycles. The molecule has 0 radical (unpaired) electrons. The molecule has 0 saturated heterocycles. The lowest BCUT2D eigenvalue weighted by molar-refractivity contribution is -0.115. The normalized spacial score (nSPS) is 11.2. The molecule has 0 fully saturated rings. The summed E-state index contributed by atoms with van der Waals surface area (Å²) in [6, 6.07) is 9.59. The van der Waals surface area contributed by atoms with Gasteiger partial charge in [0.05, 0.1) is 11.4 Å². The molecule has 0 atom stereocenters. The predicted octanol–water partition coefficient (Wildman–Crippen LogP) is 2.28. The van der Waals surface area contributed by atoms with Crippen molar-refractivity contribution in [3.8, 4) is 11.3 Å². The second kappa shape index (κ2) is 6.78. The van der Waals surface area contributed by atoms with E-state index in [1.54, 1.807) is 17.8 Å². The summed E-state index contributed by atoms with van der Waals surface area (Å²) in [5.74, 6) is -0.121. The molecule has 6 nitrogen and oxygen atoms in total. The van der Waals surface area contributed by atoms with Gasteiger partial charge in [0.2, 0.25) is 5.91 Å². The molecular formula is C16H19N3O3S. The van der Waals surface area contributed by atoms with Gasteiger partial charge in [0.15, 0.2) is 9.84 Å². The van der Waals surface area contributed by atoms with Gasteiger partial charge in [-0.2, -0.15) is 5.10 Å². The van der Waals surface area contributed by atoms with Crippen molar-refractivity contribution in [3.63, 3.8) is 0 Å². The van der Waals surface area contributed by atoms with Crippen molar-refractivity contribution in [2.75, 3.05) is 11.1 Å². The molecule has 0 aliphatic heterocycles. The van der Waals surface area contributed by atoms with Crippen molar-refractivity contribution >= 4 is 21.6 Å². The zero-order chi connectivity index (χ0) is 17.0. The zero-order valence-electron chi connectivity index (χ0n) is 13.1. The van der Waals surface area contributed by atoms with Crippen LogP contribution >= 0.6 is 0 Å². The van der Waals surface area contributed by atoms with E-state index in [4.69, 9.17) is 0 Å². The SMILES string of the molecule is C=CS(=O)(=O)CCC(=O)Nc1cc(-c2ccccc2C)nn1C. The Hall–Kier alpha value is -2.41. The quantitative estimate of drug-likeness (QED) is 0.879. The topological polar surface area (TPSA) is 81.1 Å². The molecule has 7 heteroatoms. The average molecular weight is 333 g/mol. The second-order valence-electron chi connectivity index (χ2n) is 5.19. The number of nitrogens with one attached hydrogen (secondary N) is 1. The smallest absolute Gasteiger partial charge is 0.226 e. The van der Waals surface area contributed by atoms with Crippen molar-refractivity contribution in [1.29, 1.82) is 0 Å². The summed E-state index contributed by atoms with van der Waals surface area (Å²) < 4.78 is 24.2. The molecular weight excluding hydrogens is 314 g/mol. The van der Waals surface area contributed by atoms with Crippen molar-refractivity contribution in [3.05, 3.63) is 47.9 Å². The third-order valence-electron chi connectivity index (χ3n) is 3.44. The van der Waals surface area contributed by atoms with Gasteiger partial charge in [-0.1, -0.05) is 30.8 Å². The fourth-order valence-electron chi connectivity index (χ4n) is 2.10. The van der Waals surface area contributed by atoms with E-state index in [1.807, 2.05) is 31.2 Å². The standard InChI is InChI=1S/C16H19N3O3S/c1-4-23(21,22)10-9-16(20)17-15-11-14(18-19(15)3)13-8-6-5-7-12(13)2/h4-8,11H,1,9-10H2,2-3H3,(H,17,20). The molecule has 1 N–H and O–H groups in total. The van der Waals surface area contributed by atoms with Gasteiger partial charge in [-0.3, -0.25) is 9.48 Å². The summed E-state index contributed by atoms with van der Waals surface area (Å²) in [6.45, 7) is 5.21. The lowest BCUT2D eigenvalue weighted by Gasteiger charge is -2.04. The van der Waals surface area contributed by atoms with Crippen molar-refractivity contribution in [2.24, 2.45) is 7.05 Å². The van der Waals surface area contributed by atoms with Crippen LogP contribution in [0.15, 0.2) is 42.3 Å². The van der Waals surface area contributed by atoms with Crippen LogP contribution in [0.1, 0.15) is 12.0 Å². The van der Waals surface area contributed by atoms with Gasteiger partial charge < -0.3 is 5.32 Å². The highest BCUT2D eigenvalue weighted by Gasteiger charge is 2.13. The van der Waals surface area contributed by atoms with Gasteiger partial charge in [0.25, 0.3) is 0 Å². The van der Waals surface area contributed by atoms with Crippen LogP contribution in [0, 0.1) is 6.92 Å². The fraction of sp³-hybridized carbons (Fsp3) is 0.250. The number of carbonyl (C=O) groups is 1. The molecule has 2 rings (SSSR count). The highest BCUT2D eigenvalue weighted by Crippen LogP contribution is 2.24. The Bertz CT molecular complexity index is 838. The Kier molecular flexibility index (Phi) is 5.00. The Morgan fingerprint density at radius 3 is 2.74 bits per heavy atom. The van der Waals surface area contributed by atoms with Crippen LogP contribution < -0.4 is 5.32 Å². The molecule has 0 aliphatic rings. The Balaban J connectivity index is 2.12. The number of hydrogen-bond donors (Lipinski definition) is 1. The highest BCUT2D eigenvalue weighted by molar-refractivity contribution is 7.94. The first-order valence-electron chi connectivity index (χ1n) is 7.07. The number of sulfone groups is 1. The first-order valence-corrected chi connectivity index (χ1v) is 8.79. The van der Waals surface area contributed by atoms with Crippen LogP contribution in [0.5, 0.6) is 0 Å². The van der Waals surface area contributed by atoms with Gasteiger partial charge in [0.1, 0.15) is 5.82 Å². The van der Waals surface area contributed by atoms with E-state index in [2.05, 4.69) is 17.0 Å². The van der Waals surface area contributed by atoms with E-state index in [0.29, 0.717) is 5.82 Å². The van der Waals surface area contributed by atoms with Gasteiger partial charge in [-0.15, -0.1) is 0 Å². The summed E-state index contributed by atoms with van der Waals surface area (Å²) in [6.07, 6.45) is -0.126. The minimum absolute atomic E-state index is 0.126. The largest absolute Gasteiger partial charge is 0.311 e. The van der Waals surface area contributed by atoms with Gasteiger partial charge in [0, 0.05) is 30.5 Å². The van der Waals surface area contributed by atoms with Crippen LogP contribution in [0.2, 0.25) is 0 Å². The van der Waals surface area contributed by atoms with E-state index in [9.17, 15) is 13.2 Å². The minimum Gasteiger partial charge on any atom is -0.311 e. The van der Waals surface area contributed by atoms with Crippen LogP contribution in [0.25, 0.3) is 11.3 Å². The third kappa shape index (κ3) is 4.29. The molecule has 1 aromatic carbocycles. The monoisotopic (exact) mass is 333 g/mol. The number of amides is 1. The molecule has 0 aliphatic carbocycles. The number of anilines is 1. The first-order chi connectivity index (χ1) is 10.8. The number of aryl methyl sites for hydroxylation is 2. The molecule has 0 bridgehead atoms. The molecule has 0 unspecified atom stereocenters. The van der Waals surface area contributed by atoms with E-state index in [-0.39, 0.29) is 18.1 Å². The predicted molar refractivity (Wildman–Crippen MR) is 90.6 cm³/mol. The summed E-state index contributed by atoms with van der Waals surface area (Å²) in [5.41, 5.74) is 2.82. The van der Waals surface area contributed by atoms with Gasteiger partial charge >= 0.3 is 0 Å². The maximum absolute atomic E-state index is 11.9. The Morgan fingerprint density at radius 2 is 2.09 bits per heavy atom. The van der Waals surface area contributed by atoms with Crippen LogP contribution in [-0.4, -0.2) is 29.9 Å². The minimum atomic E-state index is -3.38. The zero-order valence-corrected chi connectivity index (χ0v) is 13.9. The summed E-state index contributed by atoms with van der Waals surface area (Å²) in [7, 11) is -1.66. The summed E-state index contributed by atoms with van der Waals surface area (Å²) in [5, 5.41) is 7.93. The number of rotatable bonds is 6. The average Bonchev–Trinajstić information content (AvgIpc) is 2.86. The number of aromatic nitrogens is 2. The molecule has 1 aromatic heterocycles. The van der Waals surface area contributed by atoms with E-state index >= 15 is 0 Å². The molecule has 1 heterocycles. The summed E-state index contributed by atoms with van der Waals surface area (Å²) >= 11 is 0. The second-order valence-corrected chi connectivity index (χ2v) is 7.25. The van der Waals surface area contributed by atoms with Gasteiger partial charge in [-0.05, 0) is 12.5 Å². The number of benzene rings is 1. The fourth-order valence-corrected chi connectivity index (χ4v) is 2.74. The lowest BCUT2D eigenvalue weighted by Crippen LogP contribution is -2.17. The third-order valence-corrected chi connectivity index (χ3v) is 4.72. The Labute approximate surface area is 135 Å². The van der Waals surface area contributed by atoms with Gasteiger partial charge in [-0.25, -0.2) is 8.42 Å². The van der Waals surface area contributed by atoms with Crippen LogP contribution in [0.4, 0.5) is 5.82 Å². The van der Waals surface area contributed by atoms with Crippen LogP contribution in [-0.2, 0) is 21.7 Å². The highest BCUT2D eigenvalue weighted by atomic mass is 32.2. The maximum Gasteiger partial charge on any atom is 0.226 e. The van der Waals surface area contributed by atoms with E-state index in [0.717, 1.165) is 22.2 Å². The molecule has 23 heavy (non-hydrogen) atoms. The first kappa shape index (κ1) is 17.0. The number of hydrogen-bond acceptors (Lipinski definition) is 4. The molecule has 122 valence electrons. The molecule has 0 spiro atoms. The van der Waals surface area contributed by atoms with E-state index in [1.165, 1.54) is 0 Å². The summed E-state index contributed by atoms with van der Waals surface area (Å²) in [4.78, 5) is 11.9. The molecule has 1 amide bonds. The number of nitrogens with zero attached hydrogens (tertiary/aromatic N) is 2.